The van der Waals surface area contributed by atoms with Crippen molar-refractivity contribution in [2.45, 2.75) is 0 Å². The van der Waals surface area contributed by atoms with Gasteiger partial charge in [-0.1, -0.05) is 12.1 Å². The zero-order valence-corrected chi connectivity index (χ0v) is 8.69. The number of hydrogen-bond acceptors (Lipinski definition) is 4. The zero-order valence-electron chi connectivity index (χ0n) is 8.69. The lowest BCUT2D eigenvalue weighted by Crippen LogP contribution is -2.43. The molecule has 0 saturated carbocycles. The summed E-state index contributed by atoms with van der Waals surface area (Å²) < 4.78 is 4.55. The molecule has 16 heavy (non-hydrogen) atoms. The lowest BCUT2D eigenvalue weighted by atomic mass is 10.2. The molecule has 0 bridgehead atoms. The van der Waals surface area contributed by atoms with E-state index < -0.39 is 11.8 Å². The fourth-order valence-electron chi connectivity index (χ4n) is 1.03. The fraction of sp³-hybridized carbons (Fsp3) is 0.200. The van der Waals surface area contributed by atoms with Gasteiger partial charge in [0.2, 0.25) is 0 Å². The van der Waals surface area contributed by atoms with Gasteiger partial charge in [0.1, 0.15) is 12.4 Å². The lowest BCUT2D eigenvalue weighted by molar-refractivity contribution is -0.125. The molecule has 0 fully saturated rings. The molecule has 3 N–H and O–H groups in total. The highest BCUT2D eigenvalue weighted by Gasteiger charge is 2.10. The van der Waals surface area contributed by atoms with Crippen LogP contribution < -0.4 is 10.9 Å². The van der Waals surface area contributed by atoms with Crippen molar-refractivity contribution in [1.29, 1.82) is 0 Å². The Bertz CT molecular complexity index is 392. The monoisotopic (exact) mass is 224 g/mol. The van der Waals surface area contributed by atoms with Crippen LogP contribution in [0.3, 0.4) is 0 Å². The SMILES string of the molecule is COCC(=O)NNC(=O)c1ccccc1O. The molecule has 0 aliphatic carbocycles. The van der Waals surface area contributed by atoms with E-state index in [2.05, 4.69) is 15.6 Å². The first-order valence-electron chi connectivity index (χ1n) is 4.51. The van der Waals surface area contributed by atoms with Gasteiger partial charge in [0.25, 0.3) is 11.8 Å². The summed E-state index contributed by atoms with van der Waals surface area (Å²) in [7, 11) is 1.37. The number of para-hydroxylation sites is 1. The van der Waals surface area contributed by atoms with Crippen LogP contribution in [0.4, 0.5) is 0 Å². The number of hydrazine groups is 1. The van der Waals surface area contributed by atoms with Gasteiger partial charge in [0.05, 0.1) is 5.56 Å². The number of aromatic hydroxyl groups is 1. The maximum atomic E-state index is 11.4. The van der Waals surface area contributed by atoms with Gasteiger partial charge in [0.15, 0.2) is 0 Å². The predicted molar refractivity (Wildman–Crippen MR) is 55.6 cm³/mol. The third-order valence-corrected chi connectivity index (χ3v) is 1.74. The molecule has 2 amide bonds. The largest absolute Gasteiger partial charge is 0.507 e. The molecule has 1 rings (SSSR count). The van der Waals surface area contributed by atoms with Gasteiger partial charge in [-0.2, -0.15) is 0 Å². The minimum absolute atomic E-state index is 0.0835. The Hall–Kier alpha value is -2.08. The minimum Gasteiger partial charge on any atom is -0.507 e. The molecule has 0 aliphatic heterocycles. The van der Waals surface area contributed by atoms with Crippen molar-refractivity contribution < 1.29 is 19.4 Å². The molecule has 6 heteroatoms. The van der Waals surface area contributed by atoms with E-state index in [0.29, 0.717) is 0 Å². The second kappa shape index (κ2) is 5.72. The van der Waals surface area contributed by atoms with Gasteiger partial charge in [-0.05, 0) is 12.1 Å². The number of nitrogens with one attached hydrogen (secondary N) is 2. The van der Waals surface area contributed by atoms with E-state index in [1.807, 2.05) is 0 Å². The molecule has 6 nitrogen and oxygen atoms in total. The van der Waals surface area contributed by atoms with Gasteiger partial charge in [-0.15, -0.1) is 0 Å². The molecule has 0 heterocycles. The third kappa shape index (κ3) is 3.25. The summed E-state index contributed by atoms with van der Waals surface area (Å²) in [4.78, 5) is 22.4. The van der Waals surface area contributed by atoms with Crippen LogP contribution in [0.1, 0.15) is 10.4 Å². The minimum atomic E-state index is -0.595. The molecule has 0 unspecified atom stereocenters. The van der Waals surface area contributed by atoms with Crippen molar-refractivity contribution in [3.05, 3.63) is 29.8 Å². The fourth-order valence-corrected chi connectivity index (χ4v) is 1.03. The van der Waals surface area contributed by atoms with Crippen molar-refractivity contribution in [3.63, 3.8) is 0 Å². The first-order chi connectivity index (χ1) is 7.65. The highest BCUT2D eigenvalue weighted by atomic mass is 16.5. The number of ether oxygens (including phenoxy) is 1. The second-order valence-electron chi connectivity index (χ2n) is 2.95. The van der Waals surface area contributed by atoms with E-state index in [4.69, 9.17) is 0 Å². The lowest BCUT2D eigenvalue weighted by Gasteiger charge is -2.07. The number of rotatable bonds is 3. The quantitative estimate of drug-likeness (QED) is 0.620. The second-order valence-corrected chi connectivity index (χ2v) is 2.95. The van der Waals surface area contributed by atoms with Crippen LogP contribution >= 0.6 is 0 Å². The van der Waals surface area contributed by atoms with E-state index in [1.165, 1.54) is 19.2 Å². The van der Waals surface area contributed by atoms with Crippen molar-refractivity contribution >= 4 is 11.8 Å². The summed E-state index contributed by atoms with van der Waals surface area (Å²) in [5.74, 6) is -1.23. The van der Waals surface area contributed by atoms with Crippen molar-refractivity contribution in [2.75, 3.05) is 13.7 Å². The number of carbonyl (C=O) groups is 2. The molecule has 0 aliphatic rings. The summed E-state index contributed by atoms with van der Waals surface area (Å²) in [5.41, 5.74) is 4.36. The van der Waals surface area contributed by atoms with Crippen molar-refractivity contribution in [1.82, 2.24) is 10.9 Å². The summed E-state index contributed by atoms with van der Waals surface area (Å²) in [5, 5.41) is 9.35. The number of benzene rings is 1. The number of carbonyl (C=O) groups excluding carboxylic acids is 2. The van der Waals surface area contributed by atoms with E-state index >= 15 is 0 Å². The van der Waals surface area contributed by atoms with E-state index in [9.17, 15) is 14.7 Å². The average molecular weight is 224 g/mol. The predicted octanol–water partition coefficient (Wildman–Crippen LogP) is -0.200. The molecule has 86 valence electrons. The maximum absolute atomic E-state index is 11.4. The first-order valence-corrected chi connectivity index (χ1v) is 4.51. The smallest absolute Gasteiger partial charge is 0.273 e. The number of amides is 2. The number of phenolic OH excluding ortho intramolecular Hbond substituents is 1. The average Bonchev–Trinajstić information content (AvgIpc) is 2.27. The van der Waals surface area contributed by atoms with Gasteiger partial charge in [-0.3, -0.25) is 20.4 Å². The number of phenols is 1. The van der Waals surface area contributed by atoms with Crippen LogP contribution in [-0.2, 0) is 9.53 Å². The van der Waals surface area contributed by atoms with Gasteiger partial charge in [0, 0.05) is 7.11 Å². The van der Waals surface area contributed by atoms with Crippen LogP contribution in [-0.4, -0.2) is 30.6 Å². The number of hydrogen-bond donors (Lipinski definition) is 3. The summed E-state index contributed by atoms with van der Waals surface area (Å²) in [6.45, 7) is -0.152. The third-order valence-electron chi connectivity index (χ3n) is 1.74. The molecule has 0 radical (unpaired) electrons. The van der Waals surface area contributed by atoms with Crippen LogP contribution in [0.15, 0.2) is 24.3 Å². The standard InChI is InChI=1S/C10H12N2O4/c1-16-6-9(14)11-12-10(15)7-4-2-3-5-8(7)13/h2-5,13H,6H2,1H3,(H,11,14)(H,12,15). The molecule has 0 saturated heterocycles. The summed E-state index contributed by atoms with van der Waals surface area (Å²) >= 11 is 0. The molecular formula is C10H12N2O4. The highest BCUT2D eigenvalue weighted by Crippen LogP contribution is 2.14. The van der Waals surface area contributed by atoms with Crippen LogP contribution in [0.5, 0.6) is 5.75 Å². The van der Waals surface area contributed by atoms with Gasteiger partial charge >= 0.3 is 0 Å². The van der Waals surface area contributed by atoms with E-state index in [0.717, 1.165) is 0 Å². The van der Waals surface area contributed by atoms with Gasteiger partial charge in [-0.25, -0.2) is 0 Å². The molecule has 0 atom stereocenters. The normalized spacial score (nSPS) is 9.56. The van der Waals surface area contributed by atoms with E-state index in [1.54, 1.807) is 12.1 Å². The Morgan fingerprint density at radius 1 is 1.31 bits per heavy atom. The van der Waals surface area contributed by atoms with Crippen molar-refractivity contribution in [3.8, 4) is 5.75 Å². The first kappa shape index (κ1) is 12.0. The Labute approximate surface area is 92.2 Å². The summed E-state index contributed by atoms with van der Waals surface area (Å²) in [6.07, 6.45) is 0. The Balaban J connectivity index is 2.54. The maximum Gasteiger partial charge on any atom is 0.273 e. The summed E-state index contributed by atoms with van der Waals surface area (Å²) in [6, 6.07) is 6.01. The molecule has 1 aromatic carbocycles. The van der Waals surface area contributed by atoms with E-state index in [-0.39, 0.29) is 17.9 Å². The number of methoxy groups -OCH3 is 1. The Kier molecular flexibility index (Phi) is 4.28. The molecular weight excluding hydrogens is 212 g/mol. The Morgan fingerprint density at radius 3 is 2.62 bits per heavy atom. The molecule has 0 spiro atoms. The Morgan fingerprint density at radius 2 is 2.00 bits per heavy atom. The van der Waals surface area contributed by atoms with Gasteiger partial charge < -0.3 is 9.84 Å². The van der Waals surface area contributed by atoms with Crippen LogP contribution in [0.2, 0.25) is 0 Å². The zero-order chi connectivity index (χ0) is 12.0. The molecule has 1 aromatic rings. The van der Waals surface area contributed by atoms with Crippen molar-refractivity contribution in [2.24, 2.45) is 0 Å². The van der Waals surface area contributed by atoms with Crippen LogP contribution in [0.25, 0.3) is 0 Å². The topological polar surface area (TPSA) is 87.7 Å². The van der Waals surface area contributed by atoms with Crippen LogP contribution in [0, 0.1) is 0 Å². The molecule has 0 aromatic heterocycles. The highest BCUT2D eigenvalue weighted by molar-refractivity contribution is 5.97.